The molecule has 0 N–H and O–H groups in total. The number of hydrogen-bond acceptors (Lipinski definition) is 6. The Morgan fingerprint density at radius 3 is 2.85 bits per heavy atom. The molecule has 0 radical (unpaired) electrons. The smallest absolute Gasteiger partial charge is 0.267 e. The zero-order valence-electron chi connectivity index (χ0n) is 13.7. The molecule has 0 spiro atoms. The number of aromatic nitrogens is 5. The number of pyridine rings is 1. The van der Waals surface area contributed by atoms with Crippen LogP contribution >= 0.6 is 11.6 Å². The Labute approximate surface area is 157 Å². The van der Waals surface area contributed by atoms with Gasteiger partial charge in [0.1, 0.15) is 11.5 Å². The van der Waals surface area contributed by atoms with E-state index in [4.69, 9.17) is 16.1 Å². The Morgan fingerprint density at radius 1 is 1.15 bits per heavy atom. The Hall–Kier alpha value is -3.39. The maximum absolute atomic E-state index is 13.3. The van der Waals surface area contributed by atoms with Crippen LogP contribution in [0.1, 0.15) is 5.56 Å². The van der Waals surface area contributed by atoms with Crippen molar-refractivity contribution < 1.29 is 8.91 Å². The molecule has 0 aliphatic heterocycles. The van der Waals surface area contributed by atoms with Gasteiger partial charge in [0.15, 0.2) is 0 Å². The summed E-state index contributed by atoms with van der Waals surface area (Å²) >= 11 is 5.97. The Morgan fingerprint density at radius 2 is 2.04 bits per heavy atom. The summed E-state index contributed by atoms with van der Waals surface area (Å²) in [6.45, 7) is 0.0659. The molecule has 0 bridgehead atoms. The van der Waals surface area contributed by atoms with Crippen LogP contribution in [0.4, 0.5) is 4.39 Å². The number of rotatable bonds is 4. The zero-order chi connectivity index (χ0) is 18.8. The molecule has 0 atom stereocenters. The van der Waals surface area contributed by atoms with E-state index in [1.54, 1.807) is 24.3 Å². The number of halogens is 2. The summed E-state index contributed by atoms with van der Waals surface area (Å²) in [4.78, 5) is 20.1. The van der Waals surface area contributed by atoms with E-state index in [9.17, 15) is 9.18 Å². The van der Waals surface area contributed by atoms with Gasteiger partial charge in [0, 0.05) is 22.8 Å². The van der Waals surface area contributed by atoms with Gasteiger partial charge in [-0.15, -0.1) is 0 Å². The first-order valence-corrected chi connectivity index (χ1v) is 8.24. The van der Waals surface area contributed by atoms with Crippen LogP contribution in [0.15, 0.2) is 64.2 Å². The fourth-order valence-corrected chi connectivity index (χ4v) is 2.65. The first-order chi connectivity index (χ1) is 13.1. The fourth-order valence-electron chi connectivity index (χ4n) is 2.46. The monoisotopic (exact) mass is 383 g/mol. The topological polar surface area (TPSA) is 86.7 Å². The number of benzene rings is 1. The van der Waals surface area contributed by atoms with E-state index < -0.39 is 5.82 Å². The van der Waals surface area contributed by atoms with Crippen LogP contribution < -0.4 is 5.56 Å². The maximum Gasteiger partial charge on any atom is 0.267 e. The van der Waals surface area contributed by atoms with Crippen molar-refractivity contribution in [3.05, 3.63) is 81.6 Å². The average Bonchev–Trinajstić information content (AvgIpc) is 3.14. The van der Waals surface area contributed by atoms with E-state index >= 15 is 0 Å². The third-order valence-electron chi connectivity index (χ3n) is 3.69. The van der Waals surface area contributed by atoms with Crippen molar-refractivity contribution >= 4 is 11.6 Å². The number of nitrogens with zero attached hydrogens (tertiary/aromatic N) is 5. The van der Waals surface area contributed by atoms with Gasteiger partial charge in [-0.3, -0.25) is 9.78 Å². The van der Waals surface area contributed by atoms with Crippen LogP contribution in [0, 0.1) is 5.82 Å². The maximum atomic E-state index is 13.3. The van der Waals surface area contributed by atoms with Gasteiger partial charge in [0.2, 0.25) is 5.82 Å². The van der Waals surface area contributed by atoms with Crippen LogP contribution in [-0.2, 0) is 6.54 Å². The van der Waals surface area contributed by atoms with E-state index in [-0.39, 0.29) is 23.8 Å². The quantitative estimate of drug-likeness (QED) is 0.538. The molecule has 0 aliphatic rings. The number of hydrogen-bond donors (Lipinski definition) is 0. The minimum absolute atomic E-state index is 0.0659. The molecule has 3 aromatic heterocycles. The third-order valence-corrected chi connectivity index (χ3v) is 3.92. The second-order valence-corrected chi connectivity index (χ2v) is 6.10. The normalized spacial score (nSPS) is 10.9. The van der Waals surface area contributed by atoms with Crippen molar-refractivity contribution in [2.75, 3.05) is 0 Å². The van der Waals surface area contributed by atoms with E-state index in [1.165, 1.54) is 29.1 Å². The van der Waals surface area contributed by atoms with Crippen molar-refractivity contribution in [1.29, 1.82) is 0 Å². The van der Waals surface area contributed by atoms with E-state index in [0.29, 0.717) is 21.8 Å². The lowest BCUT2D eigenvalue weighted by molar-refractivity contribution is 0.432. The second kappa shape index (κ2) is 7.08. The summed E-state index contributed by atoms with van der Waals surface area (Å²) in [6, 6.07) is 11.1. The average molecular weight is 384 g/mol. The molecule has 0 saturated heterocycles. The first kappa shape index (κ1) is 17.0. The molecule has 134 valence electrons. The molecule has 0 saturated carbocycles. The second-order valence-electron chi connectivity index (χ2n) is 5.66. The Balaban J connectivity index is 1.66. The van der Waals surface area contributed by atoms with Gasteiger partial charge < -0.3 is 4.52 Å². The summed E-state index contributed by atoms with van der Waals surface area (Å²) in [6.07, 6.45) is 2.56. The molecule has 0 aliphatic carbocycles. The van der Waals surface area contributed by atoms with Crippen molar-refractivity contribution in [1.82, 2.24) is 24.9 Å². The molecule has 1 aromatic carbocycles. The van der Waals surface area contributed by atoms with Crippen LogP contribution in [0.3, 0.4) is 0 Å². The van der Waals surface area contributed by atoms with Gasteiger partial charge in [0.25, 0.3) is 11.4 Å². The largest absolute Gasteiger partial charge is 0.334 e. The molecule has 0 fully saturated rings. The highest BCUT2D eigenvalue weighted by atomic mass is 35.5. The van der Waals surface area contributed by atoms with Crippen LogP contribution in [-0.4, -0.2) is 24.9 Å². The van der Waals surface area contributed by atoms with Gasteiger partial charge >= 0.3 is 0 Å². The molecule has 7 nitrogen and oxygen atoms in total. The summed E-state index contributed by atoms with van der Waals surface area (Å²) in [5.74, 6) is 0.0125. The molecule has 27 heavy (non-hydrogen) atoms. The van der Waals surface area contributed by atoms with Gasteiger partial charge in [-0.1, -0.05) is 22.8 Å². The van der Waals surface area contributed by atoms with Gasteiger partial charge in [0.05, 0.1) is 12.7 Å². The predicted molar refractivity (Wildman–Crippen MR) is 95.5 cm³/mol. The molecule has 9 heteroatoms. The molecule has 4 rings (SSSR count). The van der Waals surface area contributed by atoms with Crippen molar-refractivity contribution in [3.63, 3.8) is 0 Å². The van der Waals surface area contributed by atoms with Gasteiger partial charge in [-0.2, -0.15) is 10.1 Å². The van der Waals surface area contributed by atoms with Gasteiger partial charge in [-0.25, -0.2) is 9.07 Å². The fraction of sp³-hybridized carbons (Fsp3) is 0.0556. The van der Waals surface area contributed by atoms with Gasteiger partial charge in [-0.05, 0) is 35.9 Å². The SMILES string of the molecule is O=c1ccc(-c2noc(-c3cccc(Cl)c3)n2)nn1Cc1cncc(F)c1. The van der Waals surface area contributed by atoms with Crippen LogP contribution in [0.2, 0.25) is 5.02 Å². The lowest BCUT2D eigenvalue weighted by Crippen LogP contribution is -2.23. The minimum Gasteiger partial charge on any atom is -0.334 e. The highest BCUT2D eigenvalue weighted by Gasteiger charge is 2.13. The van der Waals surface area contributed by atoms with Crippen LogP contribution in [0.5, 0.6) is 0 Å². The molecule has 0 unspecified atom stereocenters. The third kappa shape index (κ3) is 3.75. The lowest BCUT2D eigenvalue weighted by Gasteiger charge is -2.05. The van der Waals surface area contributed by atoms with E-state index in [2.05, 4.69) is 20.2 Å². The van der Waals surface area contributed by atoms with Crippen molar-refractivity contribution in [3.8, 4) is 23.0 Å². The zero-order valence-corrected chi connectivity index (χ0v) is 14.5. The molecule has 0 amide bonds. The Bertz CT molecular complexity index is 1170. The van der Waals surface area contributed by atoms with E-state index in [1.807, 2.05) is 0 Å². The van der Waals surface area contributed by atoms with Crippen molar-refractivity contribution in [2.45, 2.75) is 6.54 Å². The standard InChI is InChI=1S/C18H11ClFN5O2/c19-13-3-1-2-12(7-13)18-22-17(24-27-18)15-4-5-16(26)25(23-15)10-11-6-14(20)9-21-8-11/h1-9H,10H2. The molecule has 4 aromatic rings. The highest BCUT2D eigenvalue weighted by Crippen LogP contribution is 2.23. The summed E-state index contributed by atoms with van der Waals surface area (Å²) in [5, 5.41) is 8.68. The predicted octanol–water partition coefficient (Wildman–Crippen LogP) is 3.20. The summed E-state index contributed by atoms with van der Waals surface area (Å²) in [5.41, 5.74) is 1.17. The summed E-state index contributed by atoms with van der Waals surface area (Å²) < 4.78 is 19.7. The highest BCUT2D eigenvalue weighted by molar-refractivity contribution is 6.30. The lowest BCUT2D eigenvalue weighted by atomic mass is 10.2. The Kier molecular flexibility index (Phi) is 4.47. The van der Waals surface area contributed by atoms with Crippen molar-refractivity contribution in [2.24, 2.45) is 0 Å². The molecular formula is C18H11ClFN5O2. The van der Waals surface area contributed by atoms with Crippen LogP contribution in [0.25, 0.3) is 23.0 Å². The molecule has 3 heterocycles. The minimum atomic E-state index is -0.485. The summed E-state index contributed by atoms with van der Waals surface area (Å²) in [7, 11) is 0. The first-order valence-electron chi connectivity index (χ1n) is 7.86. The van der Waals surface area contributed by atoms with E-state index in [0.717, 1.165) is 6.20 Å². The molecular weight excluding hydrogens is 373 g/mol.